The Morgan fingerprint density at radius 1 is 0.975 bits per heavy atom. The van der Waals surface area contributed by atoms with Crippen molar-refractivity contribution in [3.63, 3.8) is 0 Å². The van der Waals surface area contributed by atoms with Gasteiger partial charge in [-0.1, -0.05) is 36.4 Å². The number of fused-ring (bicyclic) bond motifs is 3. The molecule has 0 aliphatic carbocycles. The second kappa shape index (κ2) is 10.6. The smallest absolute Gasteiger partial charge is 0.322 e. The summed E-state index contributed by atoms with van der Waals surface area (Å²) in [4.78, 5) is 16.0. The maximum absolute atomic E-state index is 14.1. The van der Waals surface area contributed by atoms with Gasteiger partial charge in [0.1, 0.15) is 17.3 Å². The molecule has 0 saturated carbocycles. The van der Waals surface area contributed by atoms with Gasteiger partial charge in [0.2, 0.25) is 0 Å². The van der Waals surface area contributed by atoms with Crippen LogP contribution in [0.4, 0.5) is 10.5 Å². The summed E-state index contributed by atoms with van der Waals surface area (Å²) in [5.41, 5.74) is 5.40. The van der Waals surface area contributed by atoms with E-state index in [1.807, 2.05) is 115 Å². The van der Waals surface area contributed by atoms with Crippen molar-refractivity contribution in [3.05, 3.63) is 120 Å². The van der Waals surface area contributed by atoms with Gasteiger partial charge < -0.3 is 24.3 Å². The van der Waals surface area contributed by atoms with E-state index in [0.29, 0.717) is 24.6 Å². The molecule has 0 bridgehead atoms. The molecule has 6 rings (SSSR count). The second-order valence-corrected chi connectivity index (χ2v) is 9.63. The summed E-state index contributed by atoms with van der Waals surface area (Å²) in [7, 11) is 1.61. The normalized spacial score (nSPS) is 14.2. The first kappa shape index (κ1) is 25.3. The van der Waals surface area contributed by atoms with Crippen LogP contribution in [0.15, 0.2) is 97.2 Å². The lowest BCUT2D eigenvalue weighted by Crippen LogP contribution is -2.38. The van der Waals surface area contributed by atoms with Crippen LogP contribution in [-0.4, -0.2) is 39.0 Å². The highest BCUT2D eigenvalue weighted by atomic mass is 16.5. The average Bonchev–Trinajstić information content (AvgIpc) is 3.54. The highest BCUT2D eigenvalue weighted by Gasteiger charge is 2.36. The lowest BCUT2D eigenvalue weighted by Gasteiger charge is -2.31. The fraction of sp³-hybridized carbons (Fsp3) is 0.188. The van der Waals surface area contributed by atoms with Crippen molar-refractivity contribution < 1.29 is 14.3 Å². The first-order valence-electron chi connectivity index (χ1n) is 13.3. The predicted molar refractivity (Wildman–Crippen MR) is 155 cm³/mol. The maximum Gasteiger partial charge on any atom is 0.322 e. The molecule has 2 aromatic heterocycles. The Morgan fingerprint density at radius 2 is 1.77 bits per heavy atom. The van der Waals surface area contributed by atoms with Crippen LogP contribution in [0.2, 0.25) is 0 Å². The number of hydrogen-bond donors (Lipinski definition) is 1. The van der Waals surface area contributed by atoms with Crippen LogP contribution in [0.25, 0.3) is 11.5 Å². The van der Waals surface area contributed by atoms with Crippen LogP contribution >= 0.6 is 0 Å². The predicted octanol–water partition coefficient (Wildman–Crippen LogP) is 6.52. The molecule has 0 unspecified atom stereocenters. The number of hydrogen-bond acceptors (Lipinski definition) is 4. The minimum atomic E-state index is -0.368. The van der Waals surface area contributed by atoms with Gasteiger partial charge in [0.25, 0.3) is 0 Å². The Labute approximate surface area is 233 Å². The number of aromatic nitrogens is 3. The van der Waals surface area contributed by atoms with Crippen molar-refractivity contribution in [2.75, 3.05) is 19.0 Å². The number of nitrogens with one attached hydrogen (secondary N) is 1. The molecular formula is C32H31N5O3. The highest BCUT2D eigenvalue weighted by Crippen LogP contribution is 2.39. The first-order valence-corrected chi connectivity index (χ1v) is 13.3. The number of methoxy groups -OCH3 is 1. The van der Waals surface area contributed by atoms with Crippen LogP contribution < -0.4 is 14.8 Å². The molecule has 3 aromatic carbocycles. The summed E-state index contributed by atoms with van der Waals surface area (Å²) < 4.78 is 15.2. The summed E-state index contributed by atoms with van der Waals surface area (Å²) in [5, 5.41) is 8.02. The molecule has 5 aromatic rings. The third kappa shape index (κ3) is 4.58. The zero-order valence-electron chi connectivity index (χ0n) is 22.7. The van der Waals surface area contributed by atoms with E-state index >= 15 is 0 Å². The van der Waals surface area contributed by atoms with E-state index in [1.165, 1.54) is 0 Å². The van der Waals surface area contributed by atoms with Crippen molar-refractivity contribution in [2.45, 2.75) is 26.4 Å². The number of anilines is 1. The van der Waals surface area contributed by atoms with Gasteiger partial charge in [0.05, 0.1) is 43.4 Å². The van der Waals surface area contributed by atoms with Gasteiger partial charge in [0, 0.05) is 23.5 Å². The van der Waals surface area contributed by atoms with Crippen LogP contribution in [0.1, 0.15) is 35.5 Å². The lowest BCUT2D eigenvalue weighted by atomic mass is 10.0. The molecule has 8 nitrogen and oxygen atoms in total. The molecule has 40 heavy (non-hydrogen) atoms. The van der Waals surface area contributed by atoms with E-state index in [-0.39, 0.29) is 12.1 Å². The van der Waals surface area contributed by atoms with Crippen molar-refractivity contribution in [1.82, 2.24) is 19.2 Å². The van der Waals surface area contributed by atoms with Crippen LogP contribution in [0.3, 0.4) is 0 Å². The zero-order valence-corrected chi connectivity index (χ0v) is 22.7. The standard InChI is InChI=1S/C32H31N5O3/c1-4-40-26-17-15-23(16-18-26)30-29-14-9-19-35(29)31-28(22(2)34-37(31)25-11-6-5-7-12-25)21-36(30)32(38)33-24-10-8-13-27(20-24)39-3/h5-20,30H,4,21H2,1-3H3,(H,33,38)/t30-/m1/s1. The van der Waals surface area contributed by atoms with Gasteiger partial charge in [-0.3, -0.25) is 0 Å². The van der Waals surface area contributed by atoms with Crippen LogP contribution in [0.5, 0.6) is 11.5 Å². The topological polar surface area (TPSA) is 73.5 Å². The number of carbonyl (C=O) groups is 1. The molecule has 1 N–H and O–H groups in total. The summed E-state index contributed by atoms with van der Waals surface area (Å²) >= 11 is 0. The number of carbonyl (C=O) groups excluding carboxylic acids is 1. The number of urea groups is 1. The molecule has 0 spiro atoms. The number of para-hydroxylation sites is 1. The quantitative estimate of drug-likeness (QED) is 0.270. The molecule has 0 saturated heterocycles. The molecule has 0 radical (unpaired) electrons. The van der Waals surface area contributed by atoms with E-state index in [9.17, 15) is 4.79 Å². The van der Waals surface area contributed by atoms with Crippen LogP contribution in [0, 0.1) is 6.92 Å². The van der Waals surface area contributed by atoms with Gasteiger partial charge in [0.15, 0.2) is 0 Å². The summed E-state index contributed by atoms with van der Waals surface area (Å²) in [6.45, 7) is 4.91. The van der Waals surface area contributed by atoms with Gasteiger partial charge in [-0.25, -0.2) is 9.48 Å². The van der Waals surface area contributed by atoms with E-state index in [4.69, 9.17) is 14.6 Å². The number of benzene rings is 3. The number of rotatable bonds is 6. The number of nitrogens with zero attached hydrogens (tertiary/aromatic N) is 4. The SMILES string of the molecule is CCOc1ccc([C@@H]2c3cccn3-c3c(c(C)nn3-c3ccccc3)CN2C(=O)Nc2cccc(OC)c2)cc1. The lowest BCUT2D eigenvalue weighted by molar-refractivity contribution is 0.194. The van der Waals surface area contributed by atoms with Gasteiger partial charge in [-0.15, -0.1) is 0 Å². The molecule has 2 amide bonds. The van der Waals surface area contributed by atoms with E-state index in [1.54, 1.807) is 7.11 Å². The van der Waals surface area contributed by atoms with Gasteiger partial charge in [-0.05, 0) is 67.9 Å². The minimum Gasteiger partial charge on any atom is -0.497 e. The third-order valence-corrected chi connectivity index (χ3v) is 7.18. The monoisotopic (exact) mass is 533 g/mol. The van der Waals surface area contributed by atoms with E-state index in [0.717, 1.165) is 39.8 Å². The molecule has 8 heteroatoms. The number of amides is 2. The Kier molecular flexibility index (Phi) is 6.74. The Morgan fingerprint density at radius 3 is 2.52 bits per heavy atom. The first-order chi connectivity index (χ1) is 19.6. The fourth-order valence-electron chi connectivity index (χ4n) is 5.31. The Bertz CT molecular complexity index is 1640. The van der Waals surface area contributed by atoms with Gasteiger partial charge >= 0.3 is 6.03 Å². The third-order valence-electron chi connectivity index (χ3n) is 7.18. The molecule has 3 heterocycles. The molecular weight excluding hydrogens is 502 g/mol. The maximum atomic E-state index is 14.1. The van der Waals surface area contributed by atoms with E-state index < -0.39 is 0 Å². The molecule has 1 atom stereocenters. The summed E-state index contributed by atoms with van der Waals surface area (Å²) in [5.74, 6) is 2.39. The second-order valence-electron chi connectivity index (χ2n) is 9.63. The Balaban J connectivity index is 1.50. The van der Waals surface area contributed by atoms with Crippen molar-refractivity contribution >= 4 is 11.7 Å². The summed E-state index contributed by atoms with van der Waals surface area (Å²) in [6.07, 6.45) is 2.04. The fourth-order valence-corrected chi connectivity index (χ4v) is 5.31. The minimum absolute atomic E-state index is 0.223. The zero-order chi connectivity index (χ0) is 27.6. The van der Waals surface area contributed by atoms with Crippen molar-refractivity contribution in [2.24, 2.45) is 0 Å². The average molecular weight is 534 g/mol. The molecule has 1 aliphatic heterocycles. The number of ether oxygens (including phenoxy) is 2. The van der Waals surface area contributed by atoms with Crippen molar-refractivity contribution in [3.8, 4) is 23.0 Å². The van der Waals surface area contributed by atoms with Crippen LogP contribution in [-0.2, 0) is 6.54 Å². The Hall–Kier alpha value is -4.98. The van der Waals surface area contributed by atoms with E-state index in [2.05, 4.69) is 16.0 Å². The molecule has 202 valence electrons. The molecule has 0 fully saturated rings. The van der Waals surface area contributed by atoms with Gasteiger partial charge in [-0.2, -0.15) is 5.10 Å². The largest absolute Gasteiger partial charge is 0.497 e. The highest BCUT2D eigenvalue weighted by molar-refractivity contribution is 5.90. The number of aryl methyl sites for hydroxylation is 1. The van der Waals surface area contributed by atoms with Crippen molar-refractivity contribution in [1.29, 1.82) is 0 Å². The summed E-state index contributed by atoms with van der Waals surface area (Å²) in [6, 6.07) is 28.9. The molecule has 1 aliphatic rings.